The minimum absolute atomic E-state index is 0.123. The maximum absolute atomic E-state index is 11.2. The molecule has 0 spiro atoms. The number of primary amides is 1. The van der Waals surface area contributed by atoms with Crippen molar-refractivity contribution in [1.29, 1.82) is 0 Å². The van der Waals surface area contributed by atoms with E-state index in [1.807, 2.05) is 26.8 Å². The fourth-order valence-electron chi connectivity index (χ4n) is 3.65. The van der Waals surface area contributed by atoms with Crippen LogP contribution in [0.25, 0.3) is 0 Å². The SMILES string of the molecule is Cc1ccc(N[C@H]2CC[C@@H](CC(C)(C)OC(N)=O)CC2)c([N+](=O)[O-])c1. The number of anilines is 1. The lowest BCUT2D eigenvalue weighted by atomic mass is 9.80. The van der Waals surface area contributed by atoms with Crippen molar-refractivity contribution < 1.29 is 14.5 Å². The lowest BCUT2D eigenvalue weighted by Crippen LogP contribution is -2.35. The summed E-state index contributed by atoms with van der Waals surface area (Å²) in [6.07, 6.45) is 3.87. The quantitative estimate of drug-likeness (QED) is 0.593. The van der Waals surface area contributed by atoms with Crippen molar-refractivity contribution >= 4 is 17.5 Å². The van der Waals surface area contributed by atoms with Gasteiger partial charge in [0.2, 0.25) is 0 Å². The number of nitro groups is 1. The summed E-state index contributed by atoms with van der Waals surface area (Å²) in [5.41, 5.74) is 6.13. The number of ether oxygens (including phenoxy) is 1. The molecular formula is C18H27N3O4. The summed E-state index contributed by atoms with van der Waals surface area (Å²) >= 11 is 0. The number of nitro benzene ring substituents is 1. The molecule has 1 amide bonds. The van der Waals surface area contributed by atoms with E-state index in [2.05, 4.69) is 5.32 Å². The van der Waals surface area contributed by atoms with E-state index in [0.29, 0.717) is 11.6 Å². The number of nitrogens with one attached hydrogen (secondary N) is 1. The first-order valence-corrected chi connectivity index (χ1v) is 8.66. The first kappa shape index (κ1) is 19.0. The van der Waals surface area contributed by atoms with Gasteiger partial charge in [0.05, 0.1) is 4.92 Å². The molecule has 1 fully saturated rings. The van der Waals surface area contributed by atoms with Crippen molar-refractivity contribution in [2.24, 2.45) is 11.7 Å². The highest BCUT2D eigenvalue weighted by molar-refractivity contribution is 5.65. The van der Waals surface area contributed by atoms with Gasteiger partial charge in [0.15, 0.2) is 0 Å². The highest BCUT2D eigenvalue weighted by Crippen LogP contribution is 2.35. The summed E-state index contributed by atoms with van der Waals surface area (Å²) in [6.45, 7) is 5.59. The lowest BCUT2D eigenvalue weighted by Gasteiger charge is -2.34. The molecule has 1 aliphatic carbocycles. The van der Waals surface area contributed by atoms with Crippen molar-refractivity contribution in [3.63, 3.8) is 0 Å². The molecule has 1 saturated carbocycles. The third kappa shape index (κ3) is 5.62. The topological polar surface area (TPSA) is 107 Å². The van der Waals surface area contributed by atoms with Crippen LogP contribution in [0.5, 0.6) is 0 Å². The van der Waals surface area contributed by atoms with Crippen LogP contribution in [0.1, 0.15) is 51.5 Å². The summed E-state index contributed by atoms with van der Waals surface area (Å²) in [7, 11) is 0. The molecule has 7 heteroatoms. The van der Waals surface area contributed by atoms with Gasteiger partial charge in [0.1, 0.15) is 11.3 Å². The standard InChI is InChI=1S/C18H27N3O4/c1-12-4-9-15(16(10-12)21(23)24)20-14-7-5-13(6-8-14)11-18(2,3)25-17(19)22/h4,9-10,13-14,20H,5-8,11H2,1-3H3,(H2,19,22)/t13-,14+. The van der Waals surface area contributed by atoms with Crippen LogP contribution in [0.15, 0.2) is 18.2 Å². The van der Waals surface area contributed by atoms with E-state index < -0.39 is 11.7 Å². The zero-order valence-electron chi connectivity index (χ0n) is 15.1. The number of aryl methyl sites for hydroxylation is 1. The van der Waals surface area contributed by atoms with E-state index in [1.54, 1.807) is 12.1 Å². The molecule has 1 aromatic carbocycles. The molecule has 1 aliphatic rings. The molecule has 0 heterocycles. The van der Waals surface area contributed by atoms with Gasteiger partial charge in [0, 0.05) is 12.1 Å². The largest absolute Gasteiger partial charge is 0.444 e. The normalized spacial score (nSPS) is 20.8. The Morgan fingerprint density at radius 1 is 1.36 bits per heavy atom. The summed E-state index contributed by atoms with van der Waals surface area (Å²) in [5.74, 6) is 0.459. The predicted molar refractivity (Wildman–Crippen MR) is 96.6 cm³/mol. The van der Waals surface area contributed by atoms with Crippen molar-refractivity contribution in [3.8, 4) is 0 Å². The summed E-state index contributed by atoms with van der Waals surface area (Å²) < 4.78 is 5.16. The van der Waals surface area contributed by atoms with Gasteiger partial charge in [-0.25, -0.2) is 4.79 Å². The van der Waals surface area contributed by atoms with Gasteiger partial charge in [-0.3, -0.25) is 10.1 Å². The maximum atomic E-state index is 11.2. The van der Waals surface area contributed by atoms with Gasteiger partial charge < -0.3 is 15.8 Å². The fraction of sp³-hybridized carbons (Fsp3) is 0.611. The Morgan fingerprint density at radius 3 is 2.56 bits per heavy atom. The van der Waals surface area contributed by atoms with Crippen molar-refractivity contribution in [3.05, 3.63) is 33.9 Å². The zero-order valence-corrected chi connectivity index (χ0v) is 15.1. The molecule has 0 aromatic heterocycles. The van der Waals surface area contributed by atoms with Gasteiger partial charge in [-0.15, -0.1) is 0 Å². The van der Waals surface area contributed by atoms with Crippen molar-refractivity contribution in [2.75, 3.05) is 5.32 Å². The minimum Gasteiger partial charge on any atom is -0.444 e. The Hall–Kier alpha value is -2.31. The molecule has 1 aromatic rings. The minimum atomic E-state index is -0.743. The number of hydrogen-bond acceptors (Lipinski definition) is 5. The number of nitrogens with two attached hydrogens (primary N) is 1. The lowest BCUT2D eigenvalue weighted by molar-refractivity contribution is -0.384. The van der Waals surface area contributed by atoms with Gasteiger partial charge in [0.25, 0.3) is 5.69 Å². The summed E-state index contributed by atoms with van der Waals surface area (Å²) in [6, 6.07) is 5.48. The third-order valence-electron chi connectivity index (χ3n) is 4.71. The molecule has 0 bridgehead atoms. The van der Waals surface area contributed by atoms with Crippen LogP contribution in [0.2, 0.25) is 0 Å². The van der Waals surface area contributed by atoms with E-state index in [9.17, 15) is 14.9 Å². The average Bonchev–Trinajstić information content (AvgIpc) is 2.49. The molecule has 0 unspecified atom stereocenters. The van der Waals surface area contributed by atoms with Crippen LogP contribution in [0.3, 0.4) is 0 Å². The zero-order chi connectivity index (χ0) is 18.6. The number of hydrogen-bond donors (Lipinski definition) is 2. The molecule has 0 saturated heterocycles. The molecule has 3 N–H and O–H groups in total. The average molecular weight is 349 g/mol. The van der Waals surface area contributed by atoms with Gasteiger partial charge in [-0.2, -0.15) is 0 Å². The third-order valence-corrected chi connectivity index (χ3v) is 4.71. The second-order valence-corrected chi connectivity index (χ2v) is 7.52. The second kappa shape index (κ2) is 7.72. The molecular weight excluding hydrogens is 322 g/mol. The Kier molecular flexibility index (Phi) is 5.87. The fourth-order valence-corrected chi connectivity index (χ4v) is 3.65. The Morgan fingerprint density at radius 2 is 2.00 bits per heavy atom. The van der Waals surface area contributed by atoms with E-state index in [1.165, 1.54) is 0 Å². The Balaban J connectivity index is 1.91. The monoisotopic (exact) mass is 349 g/mol. The molecule has 7 nitrogen and oxygen atoms in total. The highest BCUT2D eigenvalue weighted by Gasteiger charge is 2.30. The molecule has 0 atom stereocenters. The number of carbonyl (C=O) groups excluding carboxylic acids is 1. The summed E-state index contributed by atoms with van der Waals surface area (Å²) in [5, 5.41) is 14.6. The number of rotatable bonds is 6. The molecule has 0 radical (unpaired) electrons. The Bertz CT molecular complexity index is 637. The predicted octanol–water partition coefficient (Wildman–Crippen LogP) is 4.14. The second-order valence-electron chi connectivity index (χ2n) is 7.52. The van der Waals surface area contributed by atoms with E-state index >= 15 is 0 Å². The van der Waals surface area contributed by atoms with Crippen LogP contribution >= 0.6 is 0 Å². The van der Waals surface area contributed by atoms with E-state index in [4.69, 9.17) is 10.5 Å². The number of nitrogens with zero attached hydrogens (tertiary/aromatic N) is 1. The van der Waals surface area contributed by atoms with Gasteiger partial charge in [-0.05, 0) is 70.4 Å². The highest BCUT2D eigenvalue weighted by atomic mass is 16.6. The molecule has 0 aliphatic heterocycles. The first-order valence-electron chi connectivity index (χ1n) is 8.66. The van der Waals surface area contributed by atoms with Crippen molar-refractivity contribution in [2.45, 2.75) is 64.5 Å². The number of benzene rings is 1. The first-order chi connectivity index (χ1) is 11.7. The van der Waals surface area contributed by atoms with E-state index in [0.717, 1.165) is 37.7 Å². The molecule has 2 rings (SSSR count). The van der Waals surface area contributed by atoms with Crippen LogP contribution in [0.4, 0.5) is 16.2 Å². The van der Waals surface area contributed by atoms with Crippen LogP contribution < -0.4 is 11.1 Å². The van der Waals surface area contributed by atoms with Crippen LogP contribution in [-0.4, -0.2) is 22.7 Å². The number of amides is 1. The van der Waals surface area contributed by atoms with Crippen LogP contribution in [0, 0.1) is 23.0 Å². The summed E-state index contributed by atoms with van der Waals surface area (Å²) in [4.78, 5) is 21.8. The maximum Gasteiger partial charge on any atom is 0.405 e. The van der Waals surface area contributed by atoms with Crippen LogP contribution in [-0.2, 0) is 4.74 Å². The van der Waals surface area contributed by atoms with Crippen molar-refractivity contribution in [1.82, 2.24) is 0 Å². The Labute approximate surface area is 148 Å². The molecule has 25 heavy (non-hydrogen) atoms. The smallest absolute Gasteiger partial charge is 0.405 e. The van der Waals surface area contributed by atoms with Gasteiger partial charge >= 0.3 is 6.09 Å². The van der Waals surface area contributed by atoms with E-state index in [-0.39, 0.29) is 16.7 Å². The number of carbonyl (C=O) groups is 1. The van der Waals surface area contributed by atoms with Gasteiger partial charge in [-0.1, -0.05) is 6.07 Å². The molecule has 138 valence electrons.